The van der Waals surface area contributed by atoms with E-state index in [0.717, 1.165) is 0 Å². The van der Waals surface area contributed by atoms with Crippen molar-refractivity contribution in [3.8, 4) is 11.5 Å². The van der Waals surface area contributed by atoms with Gasteiger partial charge in [0.1, 0.15) is 0 Å². The van der Waals surface area contributed by atoms with Crippen LogP contribution < -0.4 is 14.8 Å². The fourth-order valence-electron chi connectivity index (χ4n) is 2.14. The Morgan fingerprint density at radius 2 is 1.93 bits per heavy atom. The van der Waals surface area contributed by atoms with Gasteiger partial charge in [-0.25, -0.2) is 4.79 Å². The van der Waals surface area contributed by atoms with E-state index in [-0.39, 0.29) is 45.3 Å². The number of anilines is 1. The Morgan fingerprint density at radius 1 is 1.18 bits per heavy atom. The lowest BCUT2D eigenvalue weighted by Gasteiger charge is -2.14. The SMILES string of the molecule is COC(=O)COc1cc(C(=O)Nc2cccc(Cl)c2SC(F)F)ccc1OC. The molecule has 150 valence electrons. The fourth-order valence-corrected chi connectivity index (χ4v) is 3.05. The molecule has 2 rings (SSSR count). The molecule has 0 fully saturated rings. The molecule has 0 saturated heterocycles. The van der Waals surface area contributed by atoms with Gasteiger partial charge in [0, 0.05) is 5.56 Å². The number of ether oxygens (including phenoxy) is 3. The summed E-state index contributed by atoms with van der Waals surface area (Å²) in [4.78, 5) is 23.9. The van der Waals surface area contributed by atoms with Gasteiger partial charge in [-0.3, -0.25) is 4.79 Å². The number of carbonyl (C=O) groups excluding carboxylic acids is 2. The lowest BCUT2D eigenvalue weighted by molar-refractivity contribution is -0.142. The number of esters is 1. The van der Waals surface area contributed by atoms with Crippen molar-refractivity contribution in [1.82, 2.24) is 0 Å². The van der Waals surface area contributed by atoms with Crippen LogP contribution in [0.25, 0.3) is 0 Å². The van der Waals surface area contributed by atoms with Gasteiger partial charge in [-0.2, -0.15) is 8.78 Å². The van der Waals surface area contributed by atoms with E-state index in [9.17, 15) is 18.4 Å². The van der Waals surface area contributed by atoms with Crippen LogP contribution in [0.5, 0.6) is 11.5 Å². The lowest BCUT2D eigenvalue weighted by Crippen LogP contribution is -2.15. The van der Waals surface area contributed by atoms with Crippen molar-refractivity contribution >= 4 is 40.9 Å². The second-order valence-electron chi connectivity index (χ2n) is 5.18. The molecule has 0 aliphatic heterocycles. The number of nitrogens with one attached hydrogen (secondary N) is 1. The fraction of sp³-hybridized carbons (Fsp3) is 0.222. The zero-order chi connectivity index (χ0) is 20.7. The summed E-state index contributed by atoms with van der Waals surface area (Å²) in [6.07, 6.45) is 0. The van der Waals surface area contributed by atoms with Gasteiger partial charge in [0.2, 0.25) is 0 Å². The van der Waals surface area contributed by atoms with E-state index in [1.807, 2.05) is 0 Å². The first-order chi connectivity index (χ1) is 13.3. The van der Waals surface area contributed by atoms with Gasteiger partial charge in [-0.1, -0.05) is 29.4 Å². The predicted molar refractivity (Wildman–Crippen MR) is 102 cm³/mol. The average molecular weight is 432 g/mol. The first-order valence-electron chi connectivity index (χ1n) is 7.78. The van der Waals surface area contributed by atoms with Crippen molar-refractivity contribution < 1.29 is 32.6 Å². The Kier molecular flexibility index (Phi) is 7.89. The van der Waals surface area contributed by atoms with E-state index in [2.05, 4.69) is 10.1 Å². The largest absolute Gasteiger partial charge is 0.493 e. The molecule has 0 bridgehead atoms. The molecule has 0 radical (unpaired) electrons. The molecular weight excluding hydrogens is 416 g/mol. The Labute approximate surface area is 169 Å². The maximum absolute atomic E-state index is 12.8. The van der Waals surface area contributed by atoms with E-state index in [4.69, 9.17) is 21.1 Å². The number of hydrogen-bond acceptors (Lipinski definition) is 6. The quantitative estimate of drug-likeness (QED) is 0.491. The molecular formula is C18H16ClF2NO5S. The number of benzene rings is 2. The molecule has 0 aliphatic carbocycles. The number of alkyl halides is 2. The van der Waals surface area contributed by atoms with Gasteiger partial charge >= 0.3 is 5.97 Å². The van der Waals surface area contributed by atoms with Gasteiger partial charge in [0.25, 0.3) is 11.7 Å². The number of rotatable bonds is 8. The summed E-state index contributed by atoms with van der Waals surface area (Å²) in [5, 5.41) is 2.65. The van der Waals surface area contributed by atoms with Crippen LogP contribution in [0.3, 0.4) is 0 Å². The minimum absolute atomic E-state index is 0.0585. The van der Waals surface area contributed by atoms with Crippen molar-refractivity contribution in [3.05, 3.63) is 47.0 Å². The molecule has 2 aromatic carbocycles. The van der Waals surface area contributed by atoms with Crippen LogP contribution in [0.4, 0.5) is 14.5 Å². The van der Waals surface area contributed by atoms with E-state index < -0.39 is 17.6 Å². The Balaban J connectivity index is 2.25. The van der Waals surface area contributed by atoms with Crippen LogP contribution in [-0.2, 0) is 9.53 Å². The van der Waals surface area contributed by atoms with Gasteiger partial charge in [0.15, 0.2) is 18.1 Å². The summed E-state index contributed by atoms with van der Waals surface area (Å²) < 4.78 is 40.5. The van der Waals surface area contributed by atoms with Crippen LogP contribution in [-0.4, -0.2) is 38.5 Å². The van der Waals surface area contributed by atoms with Crippen molar-refractivity contribution in [1.29, 1.82) is 0 Å². The third kappa shape index (κ3) is 5.74. The molecule has 10 heteroatoms. The number of hydrogen-bond donors (Lipinski definition) is 1. The van der Waals surface area contributed by atoms with Gasteiger partial charge in [-0.15, -0.1) is 0 Å². The van der Waals surface area contributed by atoms with Crippen molar-refractivity contribution in [2.45, 2.75) is 10.7 Å². The average Bonchev–Trinajstić information content (AvgIpc) is 2.68. The second kappa shape index (κ2) is 10.1. The zero-order valence-corrected chi connectivity index (χ0v) is 16.4. The van der Waals surface area contributed by atoms with Gasteiger partial charge < -0.3 is 19.5 Å². The van der Waals surface area contributed by atoms with Crippen LogP contribution in [0.2, 0.25) is 5.02 Å². The minimum Gasteiger partial charge on any atom is -0.493 e. The Morgan fingerprint density at radius 3 is 2.57 bits per heavy atom. The third-order valence-corrected chi connectivity index (χ3v) is 4.70. The zero-order valence-electron chi connectivity index (χ0n) is 14.8. The highest BCUT2D eigenvalue weighted by atomic mass is 35.5. The van der Waals surface area contributed by atoms with Crippen molar-refractivity contribution in [3.63, 3.8) is 0 Å². The van der Waals surface area contributed by atoms with Crippen LogP contribution >= 0.6 is 23.4 Å². The summed E-state index contributed by atoms with van der Waals surface area (Å²) in [6.45, 7) is -0.374. The maximum atomic E-state index is 12.8. The van der Waals surface area contributed by atoms with Crippen LogP contribution in [0, 0.1) is 0 Å². The summed E-state index contributed by atoms with van der Waals surface area (Å²) >= 11 is 6.20. The number of amides is 1. The number of methoxy groups -OCH3 is 2. The highest BCUT2D eigenvalue weighted by Gasteiger charge is 2.17. The second-order valence-corrected chi connectivity index (χ2v) is 6.59. The Hall–Kier alpha value is -2.52. The molecule has 0 atom stereocenters. The summed E-state index contributed by atoms with van der Waals surface area (Å²) in [5.74, 6) is -3.44. The first-order valence-corrected chi connectivity index (χ1v) is 9.03. The Bertz CT molecular complexity index is 866. The minimum atomic E-state index is -2.70. The van der Waals surface area contributed by atoms with E-state index >= 15 is 0 Å². The molecule has 0 aromatic heterocycles. The molecule has 6 nitrogen and oxygen atoms in total. The summed E-state index contributed by atoms with van der Waals surface area (Å²) in [5.41, 5.74) is 0.310. The van der Waals surface area contributed by atoms with Crippen molar-refractivity contribution in [2.24, 2.45) is 0 Å². The van der Waals surface area contributed by atoms with Crippen molar-refractivity contribution in [2.75, 3.05) is 26.1 Å². The summed E-state index contributed by atoms with van der Waals surface area (Å²) in [7, 11) is 2.62. The summed E-state index contributed by atoms with van der Waals surface area (Å²) in [6, 6.07) is 8.76. The maximum Gasteiger partial charge on any atom is 0.343 e. The number of halogens is 3. The highest BCUT2D eigenvalue weighted by Crippen LogP contribution is 2.38. The van der Waals surface area contributed by atoms with Gasteiger partial charge in [0.05, 0.1) is 29.8 Å². The smallest absolute Gasteiger partial charge is 0.343 e. The third-order valence-electron chi connectivity index (χ3n) is 3.42. The molecule has 0 heterocycles. The van der Waals surface area contributed by atoms with Gasteiger partial charge in [-0.05, 0) is 30.3 Å². The molecule has 2 aromatic rings. The first kappa shape index (κ1) is 21.8. The molecule has 0 spiro atoms. The van der Waals surface area contributed by atoms with Crippen LogP contribution in [0.1, 0.15) is 10.4 Å². The normalized spacial score (nSPS) is 10.5. The molecule has 28 heavy (non-hydrogen) atoms. The predicted octanol–water partition coefficient (Wildman–Crippen LogP) is 4.47. The van der Waals surface area contributed by atoms with E-state index in [1.54, 1.807) is 0 Å². The molecule has 1 amide bonds. The monoisotopic (exact) mass is 431 g/mol. The standard InChI is InChI=1S/C18H16ClF2NO5S/c1-25-13-7-6-10(8-14(13)27-9-15(23)26-2)17(24)22-12-5-3-4-11(19)16(12)28-18(20)21/h3-8,18H,9H2,1-2H3,(H,22,24). The molecule has 0 unspecified atom stereocenters. The van der Waals surface area contributed by atoms with E-state index in [1.165, 1.54) is 50.6 Å². The molecule has 0 saturated carbocycles. The molecule has 0 aliphatic rings. The highest BCUT2D eigenvalue weighted by molar-refractivity contribution is 7.99. The van der Waals surface area contributed by atoms with E-state index in [0.29, 0.717) is 5.75 Å². The molecule has 1 N–H and O–H groups in total. The van der Waals surface area contributed by atoms with Crippen LogP contribution in [0.15, 0.2) is 41.3 Å². The number of carbonyl (C=O) groups is 2. The topological polar surface area (TPSA) is 73.9 Å². The number of thioether (sulfide) groups is 1. The lowest BCUT2D eigenvalue weighted by atomic mass is 10.2.